The van der Waals surface area contributed by atoms with Crippen molar-refractivity contribution in [2.75, 3.05) is 11.9 Å². The van der Waals surface area contributed by atoms with Gasteiger partial charge in [-0.3, -0.25) is 10.1 Å². The van der Waals surface area contributed by atoms with E-state index in [0.29, 0.717) is 12.1 Å². The van der Waals surface area contributed by atoms with E-state index in [9.17, 15) is 10.1 Å². The van der Waals surface area contributed by atoms with Crippen molar-refractivity contribution >= 4 is 23.1 Å². The van der Waals surface area contributed by atoms with Crippen LogP contribution in [0.5, 0.6) is 0 Å². The molecule has 0 aliphatic carbocycles. The van der Waals surface area contributed by atoms with E-state index in [4.69, 9.17) is 16.9 Å². The molecule has 1 aromatic carbocycles. The number of nitro groups is 1. The van der Waals surface area contributed by atoms with Crippen molar-refractivity contribution in [1.29, 1.82) is 5.26 Å². The van der Waals surface area contributed by atoms with Crippen molar-refractivity contribution in [1.82, 2.24) is 4.98 Å². The van der Waals surface area contributed by atoms with Gasteiger partial charge in [0.15, 0.2) is 0 Å². The van der Waals surface area contributed by atoms with Gasteiger partial charge in [-0.2, -0.15) is 5.26 Å². The second-order valence-electron chi connectivity index (χ2n) is 4.40. The number of benzene rings is 1. The predicted octanol–water partition coefficient (Wildman–Crippen LogP) is 3.15. The van der Waals surface area contributed by atoms with Crippen LogP contribution in [0.4, 0.5) is 11.5 Å². The Labute approximate surface area is 126 Å². The Morgan fingerprint density at radius 1 is 1.43 bits per heavy atom. The number of aromatic nitrogens is 1. The van der Waals surface area contributed by atoms with Gasteiger partial charge >= 0.3 is 5.69 Å². The molecule has 0 saturated heterocycles. The number of anilines is 1. The van der Waals surface area contributed by atoms with Gasteiger partial charge in [0.1, 0.15) is 5.15 Å². The van der Waals surface area contributed by atoms with Crippen LogP contribution in [0.3, 0.4) is 0 Å². The number of nitrogens with zero attached hydrogens (tertiary/aromatic N) is 4. The number of halogens is 1. The fourth-order valence-electron chi connectivity index (χ4n) is 1.93. The zero-order valence-electron chi connectivity index (χ0n) is 11.2. The third kappa shape index (κ3) is 3.46. The molecule has 6 nitrogen and oxygen atoms in total. The van der Waals surface area contributed by atoms with Gasteiger partial charge in [-0.25, -0.2) is 4.98 Å². The fourth-order valence-corrected chi connectivity index (χ4v) is 2.07. The van der Waals surface area contributed by atoms with E-state index in [1.807, 2.05) is 6.07 Å². The quantitative estimate of drug-likeness (QED) is 0.492. The third-order valence-corrected chi connectivity index (χ3v) is 3.07. The Morgan fingerprint density at radius 3 is 2.86 bits per heavy atom. The Morgan fingerprint density at radius 2 is 2.19 bits per heavy atom. The van der Waals surface area contributed by atoms with Gasteiger partial charge in [-0.1, -0.05) is 23.7 Å². The first-order valence-electron chi connectivity index (χ1n) is 6.02. The van der Waals surface area contributed by atoms with Gasteiger partial charge in [0.25, 0.3) is 0 Å². The lowest BCUT2D eigenvalue weighted by atomic mass is 10.1. The van der Waals surface area contributed by atoms with Crippen molar-refractivity contribution in [3.05, 3.63) is 62.8 Å². The number of nitriles is 1. The molecule has 0 saturated carbocycles. The third-order valence-electron chi connectivity index (χ3n) is 2.85. The molecule has 2 aromatic rings. The molecule has 1 heterocycles. The highest BCUT2D eigenvalue weighted by atomic mass is 35.5. The number of rotatable bonds is 4. The average molecular weight is 303 g/mol. The van der Waals surface area contributed by atoms with E-state index in [0.717, 1.165) is 5.56 Å². The lowest BCUT2D eigenvalue weighted by Crippen LogP contribution is -2.19. The van der Waals surface area contributed by atoms with Gasteiger partial charge in [-0.15, -0.1) is 0 Å². The van der Waals surface area contributed by atoms with E-state index in [1.54, 1.807) is 30.1 Å². The van der Waals surface area contributed by atoms with E-state index in [2.05, 4.69) is 11.1 Å². The Hall–Kier alpha value is -2.65. The highest BCUT2D eigenvalue weighted by Crippen LogP contribution is 2.27. The highest BCUT2D eigenvalue weighted by molar-refractivity contribution is 6.29. The zero-order chi connectivity index (χ0) is 15.4. The maximum Gasteiger partial charge on any atom is 0.311 e. The Kier molecular flexibility index (Phi) is 4.36. The normalized spacial score (nSPS) is 9.95. The lowest BCUT2D eigenvalue weighted by molar-refractivity contribution is -0.384. The summed E-state index contributed by atoms with van der Waals surface area (Å²) in [4.78, 5) is 16.2. The summed E-state index contributed by atoms with van der Waals surface area (Å²) in [6, 6.07) is 11.8. The summed E-state index contributed by atoms with van der Waals surface area (Å²) < 4.78 is 0. The van der Waals surface area contributed by atoms with E-state index in [-0.39, 0.29) is 16.7 Å². The molecular weight excluding hydrogens is 292 g/mol. The van der Waals surface area contributed by atoms with Gasteiger partial charge in [0.2, 0.25) is 5.82 Å². The van der Waals surface area contributed by atoms with Crippen LogP contribution >= 0.6 is 11.6 Å². The number of hydrogen-bond acceptors (Lipinski definition) is 5. The summed E-state index contributed by atoms with van der Waals surface area (Å²) in [6.45, 7) is 0.379. The minimum absolute atomic E-state index is 0.113. The Balaban J connectivity index is 2.32. The van der Waals surface area contributed by atoms with E-state index < -0.39 is 4.92 Å². The Bertz CT molecular complexity index is 727. The molecule has 1 aromatic heterocycles. The van der Waals surface area contributed by atoms with Crippen LogP contribution < -0.4 is 4.90 Å². The maximum atomic E-state index is 11.0. The maximum absolute atomic E-state index is 11.0. The average Bonchev–Trinajstić information content (AvgIpc) is 2.47. The first kappa shape index (κ1) is 14.8. The molecule has 21 heavy (non-hydrogen) atoms. The summed E-state index contributed by atoms with van der Waals surface area (Å²) in [5.74, 6) is 0.190. The summed E-state index contributed by atoms with van der Waals surface area (Å²) >= 11 is 5.81. The molecule has 0 amide bonds. The summed E-state index contributed by atoms with van der Waals surface area (Å²) in [7, 11) is 1.69. The summed E-state index contributed by atoms with van der Waals surface area (Å²) in [5, 5.41) is 20.1. The van der Waals surface area contributed by atoms with E-state index in [1.165, 1.54) is 12.1 Å². The van der Waals surface area contributed by atoms with Crippen LogP contribution in [0.2, 0.25) is 5.15 Å². The molecule has 106 valence electrons. The van der Waals surface area contributed by atoms with Crippen molar-refractivity contribution in [2.24, 2.45) is 0 Å². The van der Waals surface area contributed by atoms with Crippen LogP contribution in [-0.2, 0) is 6.54 Å². The van der Waals surface area contributed by atoms with Gasteiger partial charge in [0, 0.05) is 19.7 Å². The van der Waals surface area contributed by atoms with Crippen molar-refractivity contribution in [2.45, 2.75) is 6.54 Å². The molecule has 0 atom stereocenters. The first-order chi connectivity index (χ1) is 10.0. The largest absolute Gasteiger partial charge is 0.350 e. The molecule has 0 unspecified atom stereocenters. The van der Waals surface area contributed by atoms with Gasteiger partial charge in [-0.05, 0) is 23.8 Å². The molecule has 0 N–H and O–H groups in total. The second-order valence-corrected chi connectivity index (χ2v) is 4.79. The summed E-state index contributed by atoms with van der Waals surface area (Å²) in [6.07, 6.45) is 0. The van der Waals surface area contributed by atoms with Crippen molar-refractivity contribution in [3.8, 4) is 6.07 Å². The van der Waals surface area contributed by atoms with Gasteiger partial charge < -0.3 is 4.90 Å². The first-order valence-corrected chi connectivity index (χ1v) is 6.40. The highest BCUT2D eigenvalue weighted by Gasteiger charge is 2.19. The van der Waals surface area contributed by atoms with Gasteiger partial charge in [0.05, 0.1) is 16.6 Å². The topological polar surface area (TPSA) is 83.1 Å². The summed E-state index contributed by atoms with van der Waals surface area (Å²) in [5.41, 5.74) is 1.28. The van der Waals surface area contributed by atoms with Crippen LogP contribution in [0.1, 0.15) is 11.1 Å². The lowest BCUT2D eigenvalue weighted by Gasteiger charge is -2.18. The van der Waals surface area contributed by atoms with Crippen LogP contribution in [0.15, 0.2) is 36.4 Å². The molecule has 0 fully saturated rings. The van der Waals surface area contributed by atoms with Crippen LogP contribution in [-0.4, -0.2) is 17.0 Å². The van der Waals surface area contributed by atoms with Crippen molar-refractivity contribution in [3.63, 3.8) is 0 Å². The molecule has 2 rings (SSSR count). The smallest absolute Gasteiger partial charge is 0.311 e. The molecule has 0 bridgehead atoms. The van der Waals surface area contributed by atoms with E-state index >= 15 is 0 Å². The molecule has 0 aliphatic heterocycles. The number of hydrogen-bond donors (Lipinski definition) is 0. The van der Waals surface area contributed by atoms with Crippen LogP contribution in [0, 0.1) is 21.4 Å². The minimum atomic E-state index is -0.499. The molecule has 7 heteroatoms. The number of pyridine rings is 1. The fraction of sp³-hybridized carbons (Fsp3) is 0.143. The standard InChI is InChI=1S/C14H11ClN4O2/c1-18(9-11-4-2-3-10(7-11)8-16)14-12(19(20)21)5-6-13(15)17-14/h2-7H,9H2,1H3. The molecular formula is C14H11ClN4O2. The zero-order valence-corrected chi connectivity index (χ0v) is 11.9. The predicted molar refractivity (Wildman–Crippen MR) is 79.2 cm³/mol. The van der Waals surface area contributed by atoms with Crippen molar-refractivity contribution < 1.29 is 4.92 Å². The SMILES string of the molecule is CN(Cc1cccc(C#N)c1)c1nc(Cl)ccc1[N+](=O)[O-]. The molecule has 0 spiro atoms. The molecule has 0 radical (unpaired) electrons. The minimum Gasteiger partial charge on any atom is -0.350 e. The second kappa shape index (κ2) is 6.20. The molecule has 0 aliphatic rings. The monoisotopic (exact) mass is 302 g/mol. The van der Waals surface area contributed by atoms with Crippen LogP contribution in [0.25, 0.3) is 0 Å².